The SMILES string of the molecule is C#CCCNC(=O)NCCCCC(=O)O. The van der Waals surface area contributed by atoms with E-state index in [1.165, 1.54) is 0 Å². The van der Waals surface area contributed by atoms with Gasteiger partial charge in [0, 0.05) is 25.9 Å². The second-order valence-electron chi connectivity index (χ2n) is 2.99. The van der Waals surface area contributed by atoms with Gasteiger partial charge in [0.25, 0.3) is 0 Å². The monoisotopic (exact) mass is 212 g/mol. The van der Waals surface area contributed by atoms with Crippen molar-refractivity contribution in [1.29, 1.82) is 0 Å². The molecule has 0 rings (SSSR count). The number of nitrogens with one attached hydrogen (secondary N) is 2. The highest BCUT2D eigenvalue weighted by Gasteiger charge is 1.99. The first-order valence-corrected chi connectivity index (χ1v) is 4.83. The van der Waals surface area contributed by atoms with Crippen molar-refractivity contribution in [2.24, 2.45) is 0 Å². The van der Waals surface area contributed by atoms with E-state index in [1.807, 2.05) is 0 Å². The fraction of sp³-hybridized carbons (Fsp3) is 0.600. The predicted molar refractivity (Wildman–Crippen MR) is 56.3 cm³/mol. The van der Waals surface area contributed by atoms with Crippen molar-refractivity contribution in [3.8, 4) is 12.3 Å². The Morgan fingerprint density at radius 3 is 2.47 bits per heavy atom. The van der Waals surface area contributed by atoms with E-state index in [9.17, 15) is 9.59 Å². The molecular weight excluding hydrogens is 196 g/mol. The van der Waals surface area contributed by atoms with Crippen LogP contribution in [0.5, 0.6) is 0 Å². The van der Waals surface area contributed by atoms with Gasteiger partial charge < -0.3 is 15.7 Å². The van der Waals surface area contributed by atoms with Crippen LogP contribution in [0.3, 0.4) is 0 Å². The average molecular weight is 212 g/mol. The molecule has 0 spiro atoms. The van der Waals surface area contributed by atoms with Gasteiger partial charge in [0.2, 0.25) is 0 Å². The van der Waals surface area contributed by atoms with E-state index in [-0.39, 0.29) is 12.5 Å². The lowest BCUT2D eigenvalue weighted by atomic mass is 10.2. The Morgan fingerprint density at radius 2 is 1.87 bits per heavy atom. The maximum absolute atomic E-state index is 11.0. The van der Waals surface area contributed by atoms with Gasteiger partial charge in [-0.2, -0.15) is 0 Å². The molecule has 0 aromatic heterocycles. The lowest BCUT2D eigenvalue weighted by Gasteiger charge is -2.05. The van der Waals surface area contributed by atoms with Gasteiger partial charge in [0.05, 0.1) is 0 Å². The molecular formula is C10H16N2O3. The summed E-state index contributed by atoms with van der Waals surface area (Å²) in [5.74, 6) is 1.59. The van der Waals surface area contributed by atoms with Gasteiger partial charge in [0.1, 0.15) is 0 Å². The first-order chi connectivity index (χ1) is 7.16. The molecule has 0 aromatic carbocycles. The Kier molecular flexibility index (Phi) is 7.87. The molecule has 3 N–H and O–H groups in total. The summed E-state index contributed by atoms with van der Waals surface area (Å²) in [7, 11) is 0. The molecule has 0 unspecified atom stereocenters. The van der Waals surface area contributed by atoms with Gasteiger partial charge in [-0.1, -0.05) is 0 Å². The minimum absolute atomic E-state index is 0.139. The summed E-state index contributed by atoms with van der Waals surface area (Å²) in [6.07, 6.45) is 6.88. The molecule has 0 aliphatic heterocycles. The number of carbonyl (C=O) groups is 2. The second kappa shape index (κ2) is 8.88. The summed E-state index contributed by atoms with van der Waals surface area (Å²) in [6, 6.07) is -0.263. The number of carboxylic acid groups (broad SMARTS) is 1. The summed E-state index contributed by atoms with van der Waals surface area (Å²) < 4.78 is 0. The average Bonchev–Trinajstić information content (AvgIpc) is 2.17. The summed E-state index contributed by atoms with van der Waals surface area (Å²) in [5.41, 5.74) is 0. The number of amides is 2. The first-order valence-electron chi connectivity index (χ1n) is 4.83. The minimum Gasteiger partial charge on any atom is -0.481 e. The molecule has 0 fully saturated rings. The Morgan fingerprint density at radius 1 is 1.20 bits per heavy atom. The fourth-order valence-electron chi connectivity index (χ4n) is 0.914. The Bertz CT molecular complexity index is 246. The van der Waals surface area contributed by atoms with Crippen LogP contribution in [0.2, 0.25) is 0 Å². The third-order valence-corrected chi connectivity index (χ3v) is 1.66. The van der Waals surface area contributed by atoms with Crippen molar-refractivity contribution < 1.29 is 14.7 Å². The number of urea groups is 1. The van der Waals surface area contributed by atoms with E-state index >= 15 is 0 Å². The van der Waals surface area contributed by atoms with Crippen LogP contribution >= 0.6 is 0 Å². The maximum Gasteiger partial charge on any atom is 0.314 e. The molecule has 5 heteroatoms. The zero-order valence-corrected chi connectivity index (χ0v) is 8.58. The molecule has 0 aromatic rings. The number of unbranched alkanes of at least 4 members (excludes halogenated alkanes) is 1. The second-order valence-corrected chi connectivity index (χ2v) is 2.99. The molecule has 0 heterocycles. The standard InChI is InChI=1S/C10H16N2O3/c1-2-3-7-11-10(15)12-8-5-4-6-9(13)14/h1H,3-8H2,(H,13,14)(H2,11,12,15). The third-order valence-electron chi connectivity index (χ3n) is 1.66. The Balaban J connectivity index is 3.24. The van der Waals surface area contributed by atoms with Crippen molar-refractivity contribution in [1.82, 2.24) is 10.6 Å². The highest BCUT2D eigenvalue weighted by molar-refractivity contribution is 5.73. The number of hydrogen-bond acceptors (Lipinski definition) is 2. The van der Waals surface area contributed by atoms with Crippen LogP contribution in [0.15, 0.2) is 0 Å². The zero-order valence-electron chi connectivity index (χ0n) is 8.58. The van der Waals surface area contributed by atoms with Crippen LogP contribution in [0.25, 0.3) is 0 Å². The van der Waals surface area contributed by atoms with Crippen LogP contribution in [-0.2, 0) is 4.79 Å². The van der Waals surface area contributed by atoms with Gasteiger partial charge in [-0.25, -0.2) is 4.79 Å². The van der Waals surface area contributed by atoms with Crippen molar-refractivity contribution in [2.75, 3.05) is 13.1 Å². The van der Waals surface area contributed by atoms with Gasteiger partial charge in [-0.3, -0.25) is 4.79 Å². The third kappa shape index (κ3) is 10.2. The van der Waals surface area contributed by atoms with Crippen LogP contribution in [0, 0.1) is 12.3 Å². The summed E-state index contributed by atoms with van der Waals surface area (Å²) in [6.45, 7) is 0.937. The van der Waals surface area contributed by atoms with Gasteiger partial charge >= 0.3 is 12.0 Å². The van der Waals surface area contributed by atoms with Crippen LogP contribution in [0.1, 0.15) is 25.7 Å². The van der Waals surface area contributed by atoms with E-state index < -0.39 is 5.97 Å². The Hall–Kier alpha value is -1.70. The lowest BCUT2D eigenvalue weighted by Crippen LogP contribution is -2.36. The molecule has 0 saturated heterocycles. The summed E-state index contributed by atoms with van der Waals surface area (Å²) in [4.78, 5) is 21.2. The number of rotatable bonds is 7. The number of carboxylic acids is 1. The molecule has 84 valence electrons. The van der Waals surface area contributed by atoms with Crippen LogP contribution < -0.4 is 10.6 Å². The highest BCUT2D eigenvalue weighted by Crippen LogP contribution is 1.92. The van der Waals surface area contributed by atoms with Gasteiger partial charge in [-0.05, 0) is 12.8 Å². The molecule has 0 atom stereocenters. The highest BCUT2D eigenvalue weighted by atomic mass is 16.4. The normalized spacial score (nSPS) is 9.00. The van der Waals surface area contributed by atoms with Gasteiger partial charge in [-0.15, -0.1) is 12.3 Å². The van der Waals surface area contributed by atoms with Crippen LogP contribution in [-0.4, -0.2) is 30.2 Å². The molecule has 2 amide bonds. The molecule has 0 bridgehead atoms. The molecule has 0 saturated carbocycles. The van der Waals surface area contributed by atoms with E-state index in [1.54, 1.807) is 0 Å². The smallest absolute Gasteiger partial charge is 0.314 e. The summed E-state index contributed by atoms with van der Waals surface area (Å²) >= 11 is 0. The molecule has 0 aliphatic rings. The van der Waals surface area contributed by atoms with Crippen molar-refractivity contribution >= 4 is 12.0 Å². The number of carbonyl (C=O) groups excluding carboxylic acids is 1. The first kappa shape index (κ1) is 13.3. The molecule has 15 heavy (non-hydrogen) atoms. The topological polar surface area (TPSA) is 78.4 Å². The van der Waals surface area contributed by atoms with Crippen molar-refractivity contribution in [3.63, 3.8) is 0 Å². The predicted octanol–water partition coefficient (Wildman–Crippen LogP) is 0.564. The fourth-order valence-corrected chi connectivity index (χ4v) is 0.914. The number of terminal acetylenes is 1. The largest absolute Gasteiger partial charge is 0.481 e. The molecule has 5 nitrogen and oxygen atoms in total. The quantitative estimate of drug-likeness (QED) is 0.426. The lowest BCUT2D eigenvalue weighted by molar-refractivity contribution is -0.137. The van der Waals surface area contributed by atoms with E-state index in [0.717, 1.165) is 0 Å². The zero-order chi connectivity index (χ0) is 11.5. The Labute approximate surface area is 89.2 Å². The minimum atomic E-state index is -0.812. The van der Waals surface area contributed by atoms with Crippen LogP contribution in [0.4, 0.5) is 4.79 Å². The number of hydrogen-bond donors (Lipinski definition) is 3. The van der Waals surface area contributed by atoms with Crippen molar-refractivity contribution in [2.45, 2.75) is 25.7 Å². The van der Waals surface area contributed by atoms with Crippen molar-refractivity contribution in [3.05, 3.63) is 0 Å². The number of aliphatic carboxylic acids is 1. The van der Waals surface area contributed by atoms with E-state index in [0.29, 0.717) is 32.4 Å². The molecule has 0 aliphatic carbocycles. The van der Waals surface area contributed by atoms with Gasteiger partial charge in [0.15, 0.2) is 0 Å². The van der Waals surface area contributed by atoms with E-state index in [4.69, 9.17) is 11.5 Å². The maximum atomic E-state index is 11.0. The summed E-state index contributed by atoms with van der Waals surface area (Å²) in [5, 5.41) is 13.5. The molecule has 0 radical (unpaired) electrons. The van der Waals surface area contributed by atoms with E-state index in [2.05, 4.69) is 16.6 Å².